The van der Waals surface area contributed by atoms with Crippen molar-refractivity contribution in [2.24, 2.45) is 5.92 Å². The van der Waals surface area contributed by atoms with E-state index < -0.39 is 0 Å². The molecule has 0 fully saturated rings. The van der Waals surface area contributed by atoms with Crippen molar-refractivity contribution >= 4 is 0 Å². The Morgan fingerprint density at radius 1 is 1.42 bits per heavy atom. The fourth-order valence-corrected chi connectivity index (χ4v) is 1.46. The van der Waals surface area contributed by atoms with Crippen LogP contribution in [0.2, 0.25) is 0 Å². The van der Waals surface area contributed by atoms with Crippen LogP contribution in [0.3, 0.4) is 0 Å². The van der Waals surface area contributed by atoms with E-state index in [0.717, 1.165) is 6.42 Å². The molecule has 0 heterocycles. The summed E-state index contributed by atoms with van der Waals surface area (Å²) in [5, 5.41) is 0. The van der Waals surface area contributed by atoms with Gasteiger partial charge in [-0.2, -0.15) is 0 Å². The van der Waals surface area contributed by atoms with Crippen molar-refractivity contribution in [2.75, 3.05) is 0 Å². The van der Waals surface area contributed by atoms with E-state index in [1.54, 1.807) is 0 Å². The Morgan fingerprint density at radius 3 is 2.00 bits per heavy atom. The molecular formula is C12H20. The van der Waals surface area contributed by atoms with Gasteiger partial charge in [0.05, 0.1) is 0 Å². The maximum atomic E-state index is 3.97. The second-order valence-electron chi connectivity index (χ2n) is 3.43. The summed E-state index contributed by atoms with van der Waals surface area (Å²) in [7, 11) is 0. The lowest BCUT2D eigenvalue weighted by Gasteiger charge is -2.13. The summed E-state index contributed by atoms with van der Waals surface area (Å²) in [6, 6.07) is 0. The van der Waals surface area contributed by atoms with E-state index in [0.29, 0.717) is 5.92 Å². The lowest BCUT2D eigenvalue weighted by molar-refractivity contribution is 0.774. The van der Waals surface area contributed by atoms with Crippen LogP contribution < -0.4 is 0 Å². The summed E-state index contributed by atoms with van der Waals surface area (Å²) in [5.41, 5.74) is 3.87. The van der Waals surface area contributed by atoms with Gasteiger partial charge in [0, 0.05) is 0 Å². The average molecular weight is 164 g/mol. The van der Waals surface area contributed by atoms with Crippen molar-refractivity contribution in [3.63, 3.8) is 0 Å². The van der Waals surface area contributed by atoms with Gasteiger partial charge in [-0.05, 0) is 30.4 Å². The summed E-state index contributed by atoms with van der Waals surface area (Å²) >= 11 is 0. The molecular weight excluding hydrogens is 144 g/mol. The van der Waals surface area contributed by atoms with Gasteiger partial charge in [0.1, 0.15) is 0 Å². The summed E-state index contributed by atoms with van der Waals surface area (Å²) in [5.74, 6) is 0.550. The van der Waals surface area contributed by atoms with Crippen molar-refractivity contribution in [3.05, 3.63) is 36.0 Å². The van der Waals surface area contributed by atoms with Gasteiger partial charge in [-0.15, -0.1) is 0 Å². The number of hydrogen-bond donors (Lipinski definition) is 0. The monoisotopic (exact) mass is 164 g/mol. The highest BCUT2D eigenvalue weighted by Gasteiger charge is 2.05. The highest BCUT2D eigenvalue weighted by atomic mass is 14.1. The molecule has 0 aliphatic carbocycles. The molecule has 0 aliphatic rings. The van der Waals surface area contributed by atoms with Crippen LogP contribution in [0.5, 0.6) is 0 Å². The Bertz CT molecular complexity index is 204. The van der Waals surface area contributed by atoms with Crippen LogP contribution in [0.1, 0.15) is 34.1 Å². The van der Waals surface area contributed by atoms with Gasteiger partial charge in [-0.3, -0.25) is 0 Å². The Hall–Kier alpha value is -0.780. The minimum atomic E-state index is 0.550. The van der Waals surface area contributed by atoms with E-state index in [1.807, 2.05) is 6.08 Å². The SMILES string of the molecule is C=C/C(=C(/CC)C(=C)C)C(C)C. The van der Waals surface area contributed by atoms with Gasteiger partial charge in [-0.25, -0.2) is 0 Å². The van der Waals surface area contributed by atoms with E-state index in [2.05, 4.69) is 40.9 Å². The molecule has 0 aromatic carbocycles. The van der Waals surface area contributed by atoms with Crippen LogP contribution in [-0.4, -0.2) is 0 Å². The first kappa shape index (κ1) is 11.2. The fourth-order valence-electron chi connectivity index (χ4n) is 1.46. The zero-order valence-electron chi connectivity index (χ0n) is 8.78. The number of hydrogen-bond acceptors (Lipinski definition) is 0. The molecule has 0 aliphatic heterocycles. The Morgan fingerprint density at radius 2 is 1.92 bits per heavy atom. The Kier molecular flexibility index (Phi) is 4.65. The van der Waals surface area contributed by atoms with Gasteiger partial charge in [-0.1, -0.05) is 45.6 Å². The third-order valence-corrected chi connectivity index (χ3v) is 2.06. The molecule has 0 amide bonds. The van der Waals surface area contributed by atoms with Crippen LogP contribution in [0, 0.1) is 5.92 Å². The van der Waals surface area contributed by atoms with Gasteiger partial charge in [0.25, 0.3) is 0 Å². The highest BCUT2D eigenvalue weighted by molar-refractivity contribution is 5.37. The second-order valence-corrected chi connectivity index (χ2v) is 3.43. The standard InChI is InChI=1S/C12H20/c1-7-11(9(3)4)12(8-2)10(5)6/h7,9H,1,5,8H2,2-4,6H3/b12-11+. The molecule has 0 saturated carbocycles. The van der Waals surface area contributed by atoms with E-state index in [-0.39, 0.29) is 0 Å². The smallest absolute Gasteiger partial charge is 0.0216 e. The van der Waals surface area contributed by atoms with Crippen molar-refractivity contribution < 1.29 is 0 Å². The third kappa shape index (κ3) is 2.69. The molecule has 0 radical (unpaired) electrons. The first-order valence-electron chi connectivity index (χ1n) is 4.55. The minimum absolute atomic E-state index is 0.550. The summed E-state index contributed by atoms with van der Waals surface area (Å²) in [6.07, 6.45) is 3.01. The molecule has 0 rings (SSSR count). The topological polar surface area (TPSA) is 0 Å². The lowest BCUT2D eigenvalue weighted by atomic mass is 9.92. The van der Waals surface area contributed by atoms with Gasteiger partial charge >= 0.3 is 0 Å². The first-order chi connectivity index (χ1) is 5.54. The third-order valence-electron chi connectivity index (χ3n) is 2.06. The molecule has 0 bridgehead atoms. The second kappa shape index (κ2) is 4.97. The van der Waals surface area contributed by atoms with Gasteiger partial charge < -0.3 is 0 Å². The summed E-state index contributed by atoms with van der Waals surface area (Å²) < 4.78 is 0. The molecule has 0 N–H and O–H groups in total. The molecule has 0 unspecified atom stereocenters. The molecule has 0 heteroatoms. The number of allylic oxidation sites excluding steroid dienone is 4. The maximum absolute atomic E-state index is 3.97. The van der Waals surface area contributed by atoms with E-state index in [1.165, 1.54) is 16.7 Å². The van der Waals surface area contributed by atoms with E-state index in [4.69, 9.17) is 0 Å². The summed E-state index contributed by atoms with van der Waals surface area (Å²) in [4.78, 5) is 0. The predicted octanol–water partition coefficient (Wildman–Crippen LogP) is 4.11. The van der Waals surface area contributed by atoms with Crippen molar-refractivity contribution in [3.8, 4) is 0 Å². The van der Waals surface area contributed by atoms with Gasteiger partial charge in [0.15, 0.2) is 0 Å². The van der Waals surface area contributed by atoms with Crippen LogP contribution in [0.15, 0.2) is 36.0 Å². The molecule has 0 spiro atoms. The summed E-state index contributed by atoms with van der Waals surface area (Å²) in [6.45, 7) is 16.4. The van der Waals surface area contributed by atoms with Crippen molar-refractivity contribution in [1.82, 2.24) is 0 Å². The van der Waals surface area contributed by atoms with Gasteiger partial charge in [0.2, 0.25) is 0 Å². The number of rotatable bonds is 4. The van der Waals surface area contributed by atoms with Crippen LogP contribution in [-0.2, 0) is 0 Å². The fraction of sp³-hybridized carbons (Fsp3) is 0.500. The molecule has 0 aromatic heterocycles. The zero-order chi connectivity index (χ0) is 9.72. The molecule has 0 nitrogen and oxygen atoms in total. The maximum Gasteiger partial charge on any atom is -0.0216 e. The largest absolute Gasteiger partial charge is 0.0988 e. The highest BCUT2D eigenvalue weighted by Crippen LogP contribution is 2.23. The van der Waals surface area contributed by atoms with Crippen LogP contribution in [0.25, 0.3) is 0 Å². The first-order valence-corrected chi connectivity index (χ1v) is 4.55. The Balaban J connectivity index is 5.01. The predicted molar refractivity (Wildman–Crippen MR) is 57.2 cm³/mol. The molecule has 0 atom stereocenters. The van der Waals surface area contributed by atoms with E-state index in [9.17, 15) is 0 Å². The molecule has 0 aromatic rings. The van der Waals surface area contributed by atoms with E-state index >= 15 is 0 Å². The zero-order valence-corrected chi connectivity index (χ0v) is 8.78. The quantitative estimate of drug-likeness (QED) is 0.548. The minimum Gasteiger partial charge on any atom is -0.0988 e. The lowest BCUT2D eigenvalue weighted by Crippen LogP contribution is -1.97. The average Bonchev–Trinajstić information content (AvgIpc) is 1.98. The molecule has 0 saturated heterocycles. The Labute approximate surface area is 76.7 Å². The van der Waals surface area contributed by atoms with Crippen molar-refractivity contribution in [2.45, 2.75) is 34.1 Å². The van der Waals surface area contributed by atoms with Crippen LogP contribution in [0.4, 0.5) is 0 Å². The van der Waals surface area contributed by atoms with Crippen LogP contribution >= 0.6 is 0 Å². The molecule has 12 heavy (non-hydrogen) atoms. The normalized spacial score (nSPS) is 12.8. The van der Waals surface area contributed by atoms with Crippen molar-refractivity contribution in [1.29, 1.82) is 0 Å². The molecule has 68 valence electrons.